The molecule has 1 aliphatic rings. The third-order valence-corrected chi connectivity index (χ3v) is 3.89. The summed E-state index contributed by atoms with van der Waals surface area (Å²) in [5.74, 6) is 0. The van der Waals surface area contributed by atoms with Crippen LogP contribution in [0.15, 0.2) is 0 Å². The van der Waals surface area contributed by atoms with Crippen LogP contribution in [0.4, 0.5) is 0 Å². The average Bonchev–Trinajstić information content (AvgIpc) is 2.21. The van der Waals surface area contributed by atoms with Gasteiger partial charge in [0.25, 0.3) is 0 Å². The zero-order chi connectivity index (χ0) is 10.6. The largest absolute Gasteiger partial charge is 0.328 e. The van der Waals surface area contributed by atoms with E-state index in [0.29, 0.717) is 17.6 Å². The van der Waals surface area contributed by atoms with Gasteiger partial charge in [-0.1, -0.05) is 13.8 Å². The van der Waals surface area contributed by atoms with E-state index in [1.807, 2.05) is 0 Å². The molecule has 14 heavy (non-hydrogen) atoms. The SMILES string of the molecule is CCC(C)(CC)NC1CCC(N)CC1. The lowest BCUT2D eigenvalue weighted by molar-refractivity contribution is 0.241. The molecule has 0 spiro atoms. The van der Waals surface area contributed by atoms with Crippen molar-refractivity contribution < 1.29 is 0 Å². The summed E-state index contributed by atoms with van der Waals surface area (Å²) in [6.07, 6.45) is 7.34. The number of nitrogens with one attached hydrogen (secondary N) is 1. The molecule has 1 fully saturated rings. The minimum Gasteiger partial charge on any atom is -0.328 e. The van der Waals surface area contributed by atoms with Gasteiger partial charge in [-0.05, 0) is 45.4 Å². The molecule has 1 saturated carbocycles. The maximum atomic E-state index is 5.90. The molecule has 0 aromatic heterocycles. The maximum Gasteiger partial charge on any atom is 0.0150 e. The van der Waals surface area contributed by atoms with E-state index in [-0.39, 0.29) is 0 Å². The average molecular weight is 198 g/mol. The molecule has 84 valence electrons. The molecular formula is C12H26N2. The Labute approximate surface area is 88.6 Å². The molecule has 0 aliphatic heterocycles. The van der Waals surface area contributed by atoms with Crippen molar-refractivity contribution in [2.45, 2.75) is 76.9 Å². The van der Waals surface area contributed by atoms with Crippen LogP contribution in [0.2, 0.25) is 0 Å². The van der Waals surface area contributed by atoms with Crippen LogP contribution in [0, 0.1) is 0 Å². The smallest absolute Gasteiger partial charge is 0.0150 e. The van der Waals surface area contributed by atoms with Crippen LogP contribution in [0.25, 0.3) is 0 Å². The first-order chi connectivity index (χ1) is 6.59. The Morgan fingerprint density at radius 1 is 1.14 bits per heavy atom. The van der Waals surface area contributed by atoms with Crippen LogP contribution in [0.3, 0.4) is 0 Å². The standard InChI is InChI=1S/C12H26N2/c1-4-12(3,5-2)14-11-8-6-10(13)7-9-11/h10-11,14H,4-9,13H2,1-3H3. The Morgan fingerprint density at radius 3 is 2.07 bits per heavy atom. The molecule has 1 rings (SSSR count). The van der Waals surface area contributed by atoms with Crippen LogP contribution in [0.1, 0.15) is 59.3 Å². The second kappa shape index (κ2) is 5.13. The monoisotopic (exact) mass is 198 g/mol. The topological polar surface area (TPSA) is 38.0 Å². The van der Waals surface area contributed by atoms with Gasteiger partial charge in [-0.2, -0.15) is 0 Å². The quantitative estimate of drug-likeness (QED) is 0.728. The normalized spacial score (nSPS) is 29.1. The first-order valence-electron chi connectivity index (χ1n) is 6.13. The third-order valence-electron chi connectivity index (χ3n) is 3.89. The lowest BCUT2D eigenvalue weighted by atomic mass is 9.87. The fourth-order valence-corrected chi connectivity index (χ4v) is 2.21. The maximum absolute atomic E-state index is 5.90. The van der Waals surface area contributed by atoms with Gasteiger partial charge < -0.3 is 11.1 Å². The van der Waals surface area contributed by atoms with Crippen molar-refractivity contribution in [2.75, 3.05) is 0 Å². The predicted molar refractivity (Wildman–Crippen MR) is 62.4 cm³/mol. The summed E-state index contributed by atoms with van der Waals surface area (Å²) in [5.41, 5.74) is 6.24. The van der Waals surface area contributed by atoms with Crippen molar-refractivity contribution in [1.29, 1.82) is 0 Å². The zero-order valence-corrected chi connectivity index (χ0v) is 9.97. The van der Waals surface area contributed by atoms with Gasteiger partial charge in [-0.25, -0.2) is 0 Å². The summed E-state index contributed by atoms with van der Waals surface area (Å²) < 4.78 is 0. The van der Waals surface area contributed by atoms with Gasteiger partial charge in [0, 0.05) is 17.6 Å². The van der Waals surface area contributed by atoms with Crippen LogP contribution >= 0.6 is 0 Å². The zero-order valence-electron chi connectivity index (χ0n) is 9.97. The predicted octanol–water partition coefficient (Wildman–Crippen LogP) is 2.42. The highest BCUT2D eigenvalue weighted by Gasteiger charge is 2.26. The van der Waals surface area contributed by atoms with Gasteiger partial charge in [-0.15, -0.1) is 0 Å². The molecule has 0 aromatic rings. The number of hydrogen-bond donors (Lipinski definition) is 2. The molecule has 0 heterocycles. The van der Waals surface area contributed by atoms with Crippen LogP contribution < -0.4 is 11.1 Å². The molecule has 0 amide bonds. The van der Waals surface area contributed by atoms with Gasteiger partial charge in [0.15, 0.2) is 0 Å². The Hall–Kier alpha value is -0.0800. The van der Waals surface area contributed by atoms with Crippen LogP contribution in [-0.4, -0.2) is 17.6 Å². The molecular weight excluding hydrogens is 172 g/mol. The van der Waals surface area contributed by atoms with Crippen LogP contribution in [0.5, 0.6) is 0 Å². The van der Waals surface area contributed by atoms with E-state index in [4.69, 9.17) is 5.73 Å². The molecule has 2 heteroatoms. The summed E-state index contributed by atoms with van der Waals surface area (Å²) in [7, 11) is 0. The minimum absolute atomic E-state index is 0.339. The van der Waals surface area contributed by atoms with Gasteiger partial charge in [-0.3, -0.25) is 0 Å². The Bertz CT molecular complexity index is 156. The van der Waals surface area contributed by atoms with Gasteiger partial charge in [0.2, 0.25) is 0 Å². The number of nitrogens with two attached hydrogens (primary N) is 1. The summed E-state index contributed by atoms with van der Waals surface area (Å²) in [6.45, 7) is 6.87. The van der Waals surface area contributed by atoms with E-state index in [2.05, 4.69) is 26.1 Å². The lowest BCUT2D eigenvalue weighted by Gasteiger charge is -2.36. The Morgan fingerprint density at radius 2 is 1.64 bits per heavy atom. The summed E-state index contributed by atoms with van der Waals surface area (Å²) in [6, 6.07) is 1.17. The Balaban J connectivity index is 2.36. The molecule has 2 nitrogen and oxygen atoms in total. The molecule has 0 unspecified atom stereocenters. The first-order valence-corrected chi connectivity index (χ1v) is 6.13. The fourth-order valence-electron chi connectivity index (χ4n) is 2.21. The molecule has 0 bridgehead atoms. The second-order valence-corrected chi connectivity index (χ2v) is 5.02. The molecule has 0 radical (unpaired) electrons. The highest BCUT2D eigenvalue weighted by atomic mass is 15.0. The molecule has 0 aromatic carbocycles. The van der Waals surface area contributed by atoms with Gasteiger partial charge in [0.05, 0.1) is 0 Å². The number of rotatable bonds is 4. The lowest BCUT2D eigenvalue weighted by Crippen LogP contribution is -2.49. The second-order valence-electron chi connectivity index (χ2n) is 5.02. The van der Waals surface area contributed by atoms with Crippen molar-refractivity contribution in [3.05, 3.63) is 0 Å². The fraction of sp³-hybridized carbons (Fsp3) is 1.00. The summed E-state index contributed by atoms with van der Waals surface area (Å²) in [4.78, 5) is 0. The van der Waals surface area contributed by atoms with E-state index < -0.39 is 0 Å². The highest BCUT2D eigenvalue weighted by molar-refractivity contribution is 4.87. The molecule has 1 aliphatic carbocycles. The van der Waals surface area contributed by atoms with E-state index in [9.17, 15) is 0 Å². The van der Waals surface area contributed by atoms with Crippen molar-refractivity contribution in [3.63, 3.8) is 0 Å². The van der Waals surface area contributed by atoms with Gasteiger partial charge in [0.1, 0.15) is 0 Å². The summed E-state index contributed by atoms with van der Waals surface area (Å²) >= 11 is 0. The van der Waals surface area contributed by atoms with E-state index >= 15 is 0 Å². The van der Waals surface area contributed by atoms with Crippen molar-refractivity contribution in [3.8, 4) is 0 Å². The molecule has 3 N–H and O–H groups in total. The Kier molecular flexibility index (Phi) is 4.39. The highest BCUT2D eigenvalue weighted by Crippen LogP contribution is 2.22. The summed E-state index contributed by atoms with van der Waals surface area (Å²) in [5, 5.41) is 3.80. The van der Waals surface area contributed by atoms with Crippen molar-refractivity contribution >= 4 is 0 Å². The van der Waals surface area contributed by atoms with Crippen molar-refractivity contribution in [2.24, 2.45) is 5.73 Å². The number of hydrogen-bond acceptors (Lipinski definition) is 2. The van der Waals surface area contributed by atoms with E-state index in [1.165, 1.54) is 38.5 Å². The molecule has 0 atom stereocenters. The first kappa shape index (κ1) is 12.0. The van der Waals surface area contributed by atoms with Crippen molar-refractivity contribution in [1.82, 2.24) is 5.32 Å². The minimum atomic E-state index is 0.339. The third kappa shape index (κ3) is 3.25. The van der Waals surface area contributed by atoms with Crippen LogP contribution in [-0.2, 0) is 0 Å². The van der Waals surface area contributed by atoms with E-state index in [1.54, 1.807) is 0 Å². The van der Waals surface area contributed by atoms with E-state index in [0.717, 1.165) is 0 Å². The molecule has 0 saturated heterocycles. The van der Waals surface area contributed by atoms with Gasteiger partial charge >= 0.3 is 0 Å².